The van der Waals surface area contributed by atoms with Crippen LogP contribution in [0.3, 0.4) is 0 Å². The Morgan fingerprint density at radius 3 is 2.47 bits per heavy atom. The molecule has 0 bridgehead atoms. The predicted molar refractivity (Wildman–Crippen MR) is 127 cm³/mol. The van der Waals surface area contributed by atoms with E-state index in [1.54, 1.807) is 12.4 Å². The molecule has 4 aromatic rings. The molecule has 0 saturated carbocycles. The van der Waals surface area contributed by atoms with Gasteiger partial charge in [-0.25, -0.2) is 4.98 Å². The number of pyridine rings is 1. The molecular formula is C25H21N5OS. The van der Waals surface area contributed by atoms with Crippen molar-refractivity contribution in [2.45, 2.75) is 19.0 Å². The van der Waals surface area contributed by atoms with Gasteiger partial charge < -0.3 is 5.32 Å². The zero-order valence-electron chi connectivity index (χ0n) is 17.3. The second-order valence-electron chi connectivity index (χ2n) is 7.40. The van der Waals surface area contributed by atoms with E-state index in [1.165, 1.54) is 11.3 Å². The van der Waals surface area contributed by atoms with E-state index in [0.29, 0.717) is 18.7 Å². The summed E-state index contributed by atoms with van der Waals surface area (Å²) in [5.41, 5.74) is 4.52. The van der Waals surface area contributed by atoms with Crippen LogP contribution in [-0.2, 0) is 11.3 Å². The first-order valence-electron chi connectivity index (χ1n) is 10.4. The van der Waals surface area contributed by atoms with Crippen molar-refractivity contribution in [3.05, 3.63) is 101 Å². The number of hydrazone groups is 1. The number of hydrogen-bond donors (Lipinski definition) is 1. The Balaban J connectivity index is 1.31. The van der Waals surface area contributed by atoms with Crippen molar-refractivity contribution in [1.82, 2.24) is 15.3 Å². The van der Waals surface area contributed by atoms with Crippen LogP contribution in [-0.4, -0.2) is 21.6 Å². The number of carbonyl (C=O) groups excluding carboxylic acids is 1. The first-order chi connectivity index (χ1) is 15.8. The zero-order valence-corrected chi connectivity index (χ0v) is 18.1. The van der Waals surface area contributed by atoms with E-state index in [2.05, 4.69) is 27.4 Å². The van der Waals surface area contributed by atoms with Crippen molar-refractivity contribution in [3.8, 4) is 11.3 Å². The van der Waals surface area contributed by atoms with E-state index in [-0.39, 0.29) is 11.9 Å². The molecule has 1 unspecified atom stereocenters. The lowest BCUT2D eigenvalue weighted by Crippen LogP contribution is -2.29. The number of thiazole rings is 1. The van der Waals surface area contributed by atoms with E-state index in [1.807, 2.05) is 71.1 Å². The molecule has 32 heavy (non-hydrogen) atoms. The molecule has 0 fully saturated rings. The Bertz CT molecular complexity index is 1220. The molecule has 0 saturated heterocycles. The minimum Gasteiger partial charge on any atom is -0.344 e. The third-order valence-electron chi connectivity index (χ3n) is 5.31. The van der Waals surface area contributed by atoms with Crippen LogP contribution < -0.4 is 10.3 Å². The lowest BCUT2D eigenvalue weighted by Gasteiger charge is -2.23. The molecule has 2 aromatic heterocycles. The first-order valence-corrected chi connectivity index (χ1v) is 11.3. The van der Waals surface area contributed by atoms with Gasteiger partial charge in [0.15, 0.2) is 0 Å². The van der Waals surface area contributed by atoms with Crippen LogP contribution in [0.4, 0.5) is 5.69 Å². The predicted octanol–water partition coefficient (Wildman–Crippen LogP) is 4.83. The zero-order chi connectivity index (χ0) is 21.8. The fraction of sp³-hybridized carbons (Fsp3) is 0.120. The third kappa shape index (κ3) is 4.29. The molecule has 6 nitrogen and oxygen atoms in total. The van der Waals surface area contributed by atoms with Gasteiger partial charge in [-0.1, -0.05) is 48.5 Å². The summed E-state index contributed by atoms with van der Waals surface area (Å²) >= 11 is 1.53. The van der Waals surface area contributed by atoms with Crippen molar-refractivity contribution >= 4 is 28.6 Å². The summed E-state index contributed by atoms with van der Waals surface area (Å²) in [6.07, 6.45) is 4.04. The van der Waals surface area contributed by atoms with Crippen LogP contribution in [0.2, 0.25) is 0 Å². The molecule has 7 heteroatoms. The maximum atomic E-state index is 12.9. The van der Waals surface area contributed by atoms with Crippen LogP contribution in [0.5, 0.6) is 0 Å². The van der Waals surface area contributed by atoms with E-state index >= 15 is 0 Å². The summed E-state index contributed by atoms with van der Waals surface area (Å²) in [5.74, 6) is -0.162. The highest BCUT2D eigenvalue weighted by Gasteiger charge is 2.32. The van der Waals surface area contributed by atoms with Gasteiger partial charge in [-0.05, 0) is 29.8 Å². The van der Waals surface area contributed by atoms with Gasteiger partial charge in [-0.2, -0.15) is 5.10 Å². The quantitative estimate of drug-likeness (QED) is 0.467. The highest BCUT2D eigenvalue weighted by Crippen LogP contribution is 2.35. The Hall–Kier alpha value is -3.84. The summed E-state index contributed by atoms with van der Waals surface area (Å²) in [6.45, 7) is 0.370. The molecular weight excluding hydrogens is 418 g/mol. The van der Waals surface area contributed by atoms with Crippen LogP contribution in [0.25, 0.3) is 11.3 Å². The number of anilines is 1. The van der Waals surface area contributed by atoms with Gasteiger partial charge in [0.05, 0.1) is 24.0 Å². The lowest BCUT2D eigenvalue weighted by atomic mass is 10.0. The smallest absolute Gasteiger partial charge is 0.267 e. The second kappa shape index (κ2) is 9.11. The Morgan fingerprint density at radius 2 is 1.72 bits per heavy atom. The Labute approximate surface area is 190 Å². The van der Waals surface area contributed by atoms with Crippen molar-refractivity contribution in [3.63, 3.8) is 0 Å². The number of para-hydroxylation sites is 1. The summed E-state index contributed by atoms with van der Waals surface area (Å²) in [6, 6.07) is 24.0. The number of hydrogen-bond acceptors (Lipinski definition) is 6. The van der Waals surface area contributed by atoms with Gasteiger partial charge in [-0.3, -0.25) is 14.8 Å². The number of aromatic nitrogens is 2. The molecule has 1 N–H and O–H groups in total. The van der Waals surface area contributed by atoms with E-state index in [0.717, 1.165) is 27.5 Å². The summed E-state index contributed by atoms with van der Waals surface area (Å²) in [4.78, 5) is 21.6. The summed E-state index contributed by atoms with van der Waals surface area (Å²) in [7, 11) is 0. The number of nitrogens with one attached hydrogen (secondary N) is 1. The second-order valence-corrected chi connectivity index (χ2v) is 8.35. The molecule has 3 heterocycles. The van der Waals surface area contributed by atoms with Crippen LogP contribution in [0, 0.1) is 0 Å². The fourth-order valence-electron chi connectivity index (χ4n) is 3.71. The number of amides is 1. The van der Waals surface area contributed by atoms with Gasteiger partial charge >= 0.3 is 0 Å². The van der Waals surface area contributed by atoms with Crippen LogP contribution in [0.15, 0.2) is 95.7 Å². The average Bonchev–Trinajstić information content (AvgIpc) is 3.52. The minimum absolute atomic E-state index is 0.0162. The molecule has 1 aliphatic heterocycles. The van der Waals surface area contributed by atoms with Crippen molar-refractivity contribution in [2.24, 2.45) is 5.10 Å². The summed E-state index contributed by atoms with van der Waals surface area (Å²) in [5, 5.41) is 12.5. The SMILES string of the molecule is O=C(NCc1nc(-c2ccncc2)cs1)C1=NN(c2ccccc2)C(c2ccccc2)C1. The van der Waals surface area contributed by atoms with Gasteiger partial charge in [0.25, 0.3) is 5.91 Å². The highest BCUT2D eigenvalue weighted by atomic mass is 32.1. The van der Waals surface area contributed by atoms with Crippen LogP contribution in [0.1, 0.15) is 23.0 Å². The maximum absolute atomic E-state index is 12.9. The van der Waals surface area contributed by atoms with Crippen molar-refractivity contribution in [2.75, 3.05) is 5.01 Å². The van der Waals surface area contributed by atoms with Gasteiger partial charge in [0, 0.05) is 29.8 Å². The third-order valence-corrected chi connectivity index (χ3v) is 6.15. The molecule has 1 atom stereocenters. The monoisotopic (exact) mass is 439 g/mol. The van der Waals surface area contributed by atoms with Gasteiger partial charge in [-0.15, -0.1) is 11.3 Å². The van der Waals surface area contributed by atoms with E-state index < -0.39 is 0 Å². The Kier molecular flexibility index (Phi) is 5.72. The van der Waals surface area contributed by atoms with Crippen LogP contribution >= 0.6 is 11.3 Å². The number of nitrogens with zero attached hydrogens (tertiary/aromatic N) is 4. The average molecular weight is 440 g/mol. The van der Waals surface area contributed by atoms with E-state index in [9.17, 15) is 4.79 Å². The molecule has 0 aliphatic carbocycles. The summed E-state index contributed by atoms with van der Waals surface area (Å²) < 4.78 is 0. The molecule has 1 aliphatic rings. The number of rotatable bonds is 6. The molecule has 0 radical (unpaired) electrons. The lowest BCUT2D eigenvalue weighted by molar-refractivity contribution is -0.115. The standard InChI is InChI=1S/C25H21N5OS/c31-25(27-16-24-28-22(17-32-24)18-11-13-26-14-12-18)21-15-23(19-7-3-1-4-8-19)30(29-21)20-9-5-2-6-10-20/h1-14,17,23H,15-16H2,(H,27,31). The molecule has 5 rings (SSSR count). The number of carbonyl (C=O) groups is 1. The van der Waals surface area contributed by atoms with Crippen molar-refractivity contribution in [1.29, 1.82) is 0 Å². The molecule has 0 spiro atoms. The first kappa shape index (κ1) is 20.1. The molecule has 1 amide bonds. The molecule has 2 aromatic carbocycles. The van der Waals surface area contributed by atoms with Crippen molar-refractivity contribution < 1.29 is 4.79 Å². The molecule has 158 valence electrons. The maximum Gasteiger partial charge on any atom is 0.267 e. The Morgan fingerprint density at radius 1 is 1.00 bits per heavy atom. The fourth-order valence-corrected chi connectivity index (χ4v) is 4.45. The topological polar surface area (TPSA) is 70.5 Å². The van der Waals surface area contributed by atoms with Gasteiger partial charge in [0.1, 0.15) is 10.7 Å². The highest BCUT2D eigenvalue weighted by molar-refractivity contribution is 7.09. The number of benzene rings is 2. The van der Waals surface area contributed by atoms with Gasteiger partial charge in [0.2, 0.25) is 0 Å². The minimum atomic E-state index is -0.162. The largest absolute Gasteiger partial charge is 0.344 e. The van der Waals surface area contributed by atoms with E-state index in [4.69, 9.17) is 5.10 Å². The normalized spacial score (nSPS) is 15.4.